The molecule has 0 aliphatic carbocycles. The molecular weight excluding hydrogens is 905 g/mol. The van der Waals surface area contributed by atoms with Gasteiger partial charge < -0.3 is 48.5 Å². The molecule has 16 nitrogen and oxygen atoms in total. The molecule has 0 aliphatic rings. The van der Waals surface area contributed by atoms with E-state index in [0.29, 0.717) is 57.1 Å². The normalized spacial score (nSPS) is 12.2. The number of hydrogen-bond donors (Lipinski definition) is 2. The molecule has 2 aromatic heterocycles. The number of carbonyl (C=O) groups is 2. The first kappa shape index (κ1) is 50.4. The first-order valence-corrected chi connectivity index (χ1v) is 23.0. The van der Waals surface area contributed by atoms with Gasteiger partial charge in [0, 0.05) is 48.5 Å². The number of nitrogens with zero attached hydrogens (tertiary/aromatic N) is 2. The number of nitrogens with one attached hydrogen (secondary N) is 2. The Kier molecular flexibility index (Phi) is 17.2. The minimum absolute atomic E-state index is 0.0293. The molecule has 2 N–H and O–H groups in total. The summed E-state index contributed by atoms with van der Waals surface area (Å²) in [4.78, 5) is 27.0. The lowest BCUT2D eigenvalue weighted by Crippen LogP contribution is -2.39. The standard InChI is InChI=1S/C52H54N4O12S/c1-61-37-29-45(65-5)39(46(30-37)66-6)17-21-49(35-15-19-43(63-3)41(27-35)53-51(57)33-55-23-11-9-12-24-55)69(59,60)50(22-18-40-47(67-7)31-38(62-2)32-48(40)68-8)36-16-20-44(64-4)42(28-36)54-52(58)34-56-25-13-10-14-26-56/h9-32,49-50H,33-34H2,1-8H3/p+2/b21-17+,22-18+. The Morgan fingerprint density at radius 1 is 0.478 bits per heavy atom. The fraction of sp³-hybridized carbons (Fsp3) is 0.231. The third kappa shape index (κ3) is 12.3. The van der Waals surface area contributed by atoms with Crippen LogP contribution in [0.15, 0.2) is 134 Å². The summed E-state index contributed by atoms with van der Waals surface area (Å²) in [6.45, 7) is -0.0586. The third-order valence-corrected chi connectivity index (χ3v) is 13.2. The Morgan fingerprint density at radius 3 is 1.12 bits per heavy atom. The number of methoxy groups -OCH3 is 8. The molecule has 2 atom stereocenters. The van der Waals surface area contributed by atoms with Crippen molar-refractivity contribution < 1.29 is 65.0 Å². The quantitative estimate of drug-likeness (QED) is 0.0655. The average molecular weight is 961 g/mol. The minimum atomic E-state index is -4.54. The fourth-order valence-electron chi connectivity index (χ4n) is 7.53. The SMILES string of the molecule is COc1cc(OC)c(/C=C/C(c2ccc(OC)c(NC(=O)C[n+]3ccccc3)c2)S(=O)(=O)C(/C=C/c2c(OC)cc(OC)cc2OC)c2ccc(OC)c(NC(=O)C[n+]3ccccc3)c2)c(OC)c1. The first-order chi connectivity index (χ1) is 33.4. The molecule has 360 valence electrons. The molecule has 0 bridgehead atoms. The Labute approximate surface area is 402 Å². The van der Waals surface area contributed by atoms with Crippen molar-refractivity contribution in [1.82, 2.24) is 0 Å². The first-order valence-electron chi connectivity index (χ1n) is 21.4. The number of sulfone groups is 1. The van der Waals surface area contributed by atoms with E-state index in [-0.39, 0.29) is 47.4 Å². The van der Waals surface area contributed by atoms with Gasteiger partial charge in [0.05, 0.1) is 79.4 Å². The second-order valence-corrected chi connectivity index (χ2v) is 17.3. The van der Waals surface area contributed by atoms with Crippen molar-refractivity contribution in [2.75, 3.05) is 67.5 Å². The summed E-state index contributed by atoms with van der Waals surface area (Å²) >= 11 is 0. The lowest BCUT2D eigenvalue weighted by atomic mass is 10.1. The van der Waals surface area contributed by atoms with E-state index in [0.717, 1.165) is 0 Å². The predicted molar refractivity (Wildman–Crippen MR) is 261 cm³/mol. The average Bonchev–Trinajstić information content (AvgIpc) is 3.36. The van der Waals surface area contributed by atoms with Gasteiger partial charge in [0.2, 0.25) is 13.1 Å². The number of benzene rings is 4. The van der Waals surface area contributed by atoms with E-state index in [1.165, 1.54) is 69.0 Å². The number of rotatable bonds is 22. The molecule has 6 rings (SSSR count). The van der Waals surface area contributed by atoms with E-state index in [4.69, 9.17) is 37.9 Å². The smallest absolute Gasteiger partial charge is 0.290 e. The fourth-order valence-corrected chi connectivity index (χ4v) is 9.49. The van der Waals surface area contributed by atoms with Gasteiger partial charge in [-0.2, -0.15) is 9.13 Å². The van der Waals surface area contributed by atoms with Crippen molar-refractivity contribution in [2.45, 2.75) is 23.6 Å². The van der Waals surface area contributed by atoms with Crippen LogP contribution in [0.25, 0.3) is 12.2 Å². The van der Waals surface area contributed by atoms with Gasteiger partial charge in [-0.05, 0) is 47.5 Å². The Bertz CT molecular complexity index is 2670. The lowest BCUT2D eigenvalue weighted by Gasteiger charge is -2.24. The van der Waals surface area contributed by atoms with Crippen molar-refractivity contribution in [3.05, 3.63) is 156 Å². The van der Waals surface area contributed by atoms with E-state index >= 15 is 8.42 Å². The van der Waals surface area contributed by atoms with E-state index in [1.807, 2.05) is 12.1 Å². The molecule has 0 fully saturated rings. The molecule has 2 amide bonds. The highest BCUT2D eigenvalue weighted by atomic mass is 32.2. The Morgan fingerprint density at radius 2 is 0.812 bits per heavy atom. The largest absolute Gasteiger partial charge is 0.496 e. The second kappa shape index (κ2) is 23.6. The number of aromatic nitrogens is 2. The molecular formula is C52H56N4O12S+2. The molecule has 0 aliphatic heterocycles. The molecule has 4 aromatic carbocycles. The molecule has 2 heterocycles. The van der Waals surface area contributed by atoms with Crippen molar-refractivity contribution in [3.8, 4) is 46.0 Å². The number of anilines is 2. The summed E-state index contributed by atoms with van der Waals surface area (Å²) in [5, 5.41) is 2.91. The van der Waals surface area contributed by atoms with Gasteiger partial charge in [0.15, 0.2) is 34.6 Å². The maximum atomic E-state index is 16.0. The van der Waals surface area contributed by atoms with Crippen LogP contribution in [0.1, 0.15) is 32.8 Å². The number of ether oxygens (including phenoxy) is 8. The molecule has 69 heavy (non-hydrogen) atoms. The zero-order valence-electron chi connectivity index (χ0n) is 39.6. The highest BCUT2D eigenvalue weighted by Gasteiger charge is 2.35. The van der Waals surface area contributed by atoms with Gasteiger partial charge in [-0.25, -0.2) is 8.42 Å². The monoisotopic (exact) mass is 960 g/mol. The highest BCUT2D eigenvalue weighted by Crippen LogP contribution is 2.44. The molecule has 2 unspecified atom stereocenters. The number of amides is 2. The Hall–Kier alpha value is -8.05. The molecule has 6 aromatic rings. The molecule has 0 saturated carbocycles. The van der Waals surface area contributed by atoms with Gasteiger partial charge in [-0.15, -0.1) is 0 Å². The van der Waals surface area contributed by atoms with Crippen LogP contribution >= 0.6 is 0 Å². The number of carbonyl (C=O) groups excluding carboxylic acids is 2. The number of hydrogen-bond acceptors (Lipinski definition) is 12. The topological polar surface area (TPSA) is 174 Å². The van der Waals surface area contributed by atoms with Crippen molar-refractivity contribution >= 4 is 45.2 Å². The van der Waals surface area contributed by atoms with Crippen molar-refractivity contribution in [1.29, 1.82) is 0 Å². The summed E-state index contributed by atoms with van der Waals surface area (Å²) in [7, 11) is 7.30. The zero-order valence-corrected chi connectivity index (χ0v) is 40.4. The second-order valence-electron chi connectivity index (χ2n) is 15.2. The van der Waals surface area contributed by atoms with Crippen LogP contribution in [-0.4, -0.2) is 77.1 Å². The van der Waals surface area contributed by atoms with E-state index in [2.05, 4.69) is 10.6 Å². The van der Waals surface area contributed by atoms with Crippen LogP contribution in [0.2, 0.25) is 0 Å². The van der Waals surface area contributed by atoms with Crippen LogP contribution in [0.3, 0.4) is 0 Å². The summed E-state index contributed by atoms with van der Waals surface area (Å²) in [6, 6.07) is 27.1. The number of pyridine rings is 2. The van der Waals surface area contributed by atoms with Crippen LogP contribution in [0, 0.1) is 0 Å². The van der Waals surface area contributed by atoms with Gasteiger partial charge in [0.1, 0.15) is 56.5 Å². The summed E-state index contributed by atoms with van der Waals surface area (Å²) in [6.07, 6.45) is 13.3. The predicted octanol–water partition coefficient (Wildman–Crippen LogP) is 7.23. The van der Waals surface area contributed by atoms with Gasteiger partial charge in [0.25, 0.3) is 11.8 Å². The summed E-state index contributed by atoms with van der Waals surface area (Å²) in [5.41, 5.74) is 1.84. The van der Waals surface area contributed by atoms with E-state index < -0.39 is 20.3 Å². The van der Waals surface area contributed by atoms with E-state index in [1.54, 1.807) is 131 Å². The Balaban J connectivity index is 1.57. The minimum Gasteiger partial charge on any atom is -0.496 e. The zero-order chi connectivity index (χ0) is 49.5. The van der Waals surface area contributed by atoms with Gasteiger partial charge in [-0.1, -0.05) is 36.4 Å². The lowest BCUT2D eigenvalue weighted by molar-refractivity contribution is -0.684. The molecule has 17 heteroatoms. The van der Waals surface area contributed by atoms with Crippen molar-refractivity contribution in [3.63, 3.8) is 0 Å². The highest BCUT2D eigenvalue weighted by molar-refractivity contribution is 7.92. The maximum Gasteiger partial charge on any atom is 0.290 e. The van der Waals surface area contributed by atoms with Gasteiger partial charge >= 0.3 is 0 Å². The summed E-state index contributed by atoms with van der Waals surface area (Å²) in [5.74, 6) is 2.11. The third-order valence-electron chi connectivity index (χ3n) is 10.9. The van der Waals surface area contributed by atoms with Crippen molar-refractivity contribution in [2.24, 2.45) is 0 Å². The molecule has 0 radical (unpaired) electrons. The maximum absolute atomic E-state index is 16.0. The summed E-state index contributed by atoms with van der Waals surface area (Å²) < 4.78 is 80.8. The van der Waals surface area contributed by atoms with E-state index in [9.17, 15) is 9.59 Å². The van der Waals surface area contributed by atoms with Crippen LogP contribution in [0.4, 0.5) is 11.4 Å². The van der Waals surface area contributed by atoms with Crippen LogP contribution < -0.4 is 57.7 Å². The van der Waals surface area contributed by atoms with Crippen LogP contribution in [-0.2, 0) is 32.5 Å². The van der Waals surface area contributed by atoms with Crippen LogP contribution in [0.5, 0.6) is 46.0 Å². The van der Waals surface area contributed by atoms with Gasteiger partial charge in [-0.3, -0.25) is 9.59 Å². The molecule has 0 spiro atoms. The molecule has 0 saturated heterocycles.